The third-order valence-corrected chi connectivity index (χ3v) is 5.47. The zero-order chi connectivity index (χ0) is 22.0. The summed E-state index contributed by atoms with van der Waals surface area (Å²) in [5, 5.41) is 9.62. The third kappa shape index (κ3) is 4.37. The Balaban J connectivity index is 1.60. The number of amides is 1. The van der Waals surface area contributed by atoms with Crippen LogP contribution in [0.15, 0.2) is 66.7 Å². The van der Waals surface area contributed by atoms with Crippen LogP contribution in [-0.2, 0) is 0 Å². The number of H-pyrrole nitrogens is 1. The maximum atomic E-state index is 12.7. The van der Waals surface area contributed by atoms with Crippen LogP contribution in [-0.4, -0.2) is 45.1 Å². The topological polar surface area (TPSA) is 69.2 Å². The zero-order valence-corrected chi connectivity index (χ0v) is 18.1. The number of carbonyl (C=O) groups is 1. The van der Waals surface area contributed by atoms with Gasteiger partial charge in [0.2, 0.25) is 0 Å². The second kappa shape index (κ2) is 8.74. The molecular weight excluding hydrogens is 386 g/mol. The van der Waals surface area contributed by atoms with Gasteiger partial charge in [0.05, 0.1) is 17.1 Å². The molecule has 1 unspecified atom stereocenters. The first-order valence-corrected chi connectivity index (χ1v) is 10.6. The predicted octanol–water partition coefficient (Wildman–Crippen LogP) is 5.05. The molecule has 0 saturated carbocycles. The molecule has 1 heterocycles. The molecular formula is C26H27N3O2. The number of hydrogen-bond donors (Lipinski definition) is 2. The van der Waals surface area contributed by atoms with E-state index in [0.29, 0.717) is 18.7 Å². The number of aliphatic hydroxyl groups excluding tert-OH is 1. The Labute approximate surface area is 182 Å². The highest BCUT2D eigenvalue weighted by atomic mass is 16.3. The minimum atomic E-state index is -0.548. The molecule has 1 atom stereocenters. The van der Waals surface area contributed by atoms with Gasteiger partial charge in [0.1, 0.15) is 5.82 Å². The number of aromatic amines is 1. The largest absolute Gasteiger partial charge is 0.392 e. The standard InChI is InChI=1S/C26H27N3O2/c1-4-29(16-18(3)30)26(31)20-13-11-19(12-14-20)21-8-6-9-22(15-21)25-27-23-10-5-7-17(2)24(23)28-25/h5-15,18,30H,4,16H2,1-3H3,(H,27,28). The van der Waals surface area contributed by atoms with Crippen LogP contribution in [0.4, 0.5) is 0 Å². The Kier molecular flexibility index (Phi) is 5.87. The van der Waals surface area contributed by atoms with Gasteiger partial charge in [0, 0.05) is 24.2 Å². The van der Waals surface area contributed by atoms with Crippen molar-refractivity contribution in [3.8, 4) is 22.5 Å². The lowest BCUT2D eigenvalue weighted by molar-refractivity contribution is 0.0660. The van der Waals surface area contributed by atoms with Crippen LogP contribution in [0.5, 0.6) is 0 Å². The molecule has 0 aliphatic carbocycles. The SMILES string of the molecule is CCN(CC(C)O)C(=O)c1ccc(-c2cccc(-c3nc4c(C)cccc4[nH]3)c2)cc1. The Bertz CT molecular complexity index is 1210. The zero-order valence-electron chi connectivity index (χ0n) is 18.1. The van der Waals surface area contributed by atoms with Gasteiger partial charge in [-0.1, -0.05) is 42.5 Å². The van der Waals surface area contributed by atoms with Crippen LogP contribution < -0.4 is 0 Å². The quantitative estimate of drug-likeness (QED) is 0.465. The van der Waals surface area contributed by atoms with Gasteiger partial charge in [-0.3, -0.25) is 4.79 Å². The van der Waals surface area contributed by atoms with E-state index in [1.54, 1.807) is 11.8 Å². The second-order valence-electron chi connectivity index (χ2n) is 7.91. The van der Waals surface area contributed by atoms with Gasteiger partial charge in [0.15, 0.2) is 0 Å². The van der Waals surface area contributed by atoms with Crippen LogP contribution in [0.3, 0.4) is 0 Å². The number of aryl methyl sites for hydroxylation is 1. The van der Waals surface area contributed by atoms with E-state index in [2.05, 4.69) is 30.1 Å². The normalized spacial score (nSPS) is 12.1. The van der Waals surface area contributed by atoms with E-state index in [1.807, 2.05) is 55.5 Å². The number of carbonyl (C=O) groups excluding carboxylic acids is 1. The van der Waals surface area contributed by atoms with Gasteiger partial charge >= 0.3 is 0 Å². The molecule has 3 aromatic carbocycles. The Morgan fingerprint density at radius 1 is 1.03 bits per heavy atom. The summed E-state index contributed by atoms with van der Waals surface area (Å²) in [7, 11) is 0. The Hall–Kier alpha value is -3.44. The van der Waals surface area contributed by atoms with Crippen LogP contribution in [0.1, 0.15) is 29.8 Å². The van der Waals surface area contributed by atoms with E-state index in [-0.39, 0.29) is 5.91 Å². The van der Waals surface area contributed by atoms with E-state index >= 15 is 0 Å². The molecule has 1 amide bonds. The third-order valence-electron chi connectivity index (χ3n) is 5.47. The number of hydrogen-bond acceptors (Lipinski definition) is 3. The molecule has 0 radical (unpaired) electrons. The van der Waals surface area contributed by atoms with Crippen molar-refractivity contribution in [2.24, 2.45) is 0 Å². The van der Waals surface area contributed by atoms with Crippen LogP contribution in [0.25, 0.3) is 33.5 Å². The molecule has 0 fully saturated rings. The van der Waals surface area contributed by atoms with E-state index in [0.717, 1.165) is 39.1 Å². The molecule has 1 aromatic heterocycles. The number of likely N-dealkylation sites (N-methyl/N-ethyl adjacent to an activating group) is 1. The molecule has 0 aliphatic heterocycles. The summed E-state index contributed by atoms with van der Waals surface area (Å²) in [5.41, 5.74) is 6.89. The number of aliphatic hydroxyl groups is 1. The minimum absolute atomic E-state index is 0.0682. The number of imidazole rings is 1. The number of aromatic nitrogens is 2. The van der Waals surface area contributed by atoms with Crippen molar-refractivity contribution in [1.29, 1.82) is 0 Å². The van der Waals surface area contributed by atoms with Crippen molar-refractivity contribution in [3.05, 3.63) is 77.9 Å². The summed E-state index contributed by atoms with van der Waals surface area (Å²) in [6.07, 6.45) is -0.548. The Morgan fingerprint density at radius 2 is 1.74 bits per heavy atom. The summed E-state index contributed by atoms with van der Waals surface area (Å²) < 4.78 is 0. The molecule has 31 heavy (non-hydrogen) atoms. The van der Waals surface area contributed by atoms with E-state index in [4.69, 9.17) is 4.98 Å². The monoisotopic (exact) mass is 413 g/mol. The molecule has 158 valence electrons. The molecule has 4 aromatic rings. The van der Waals surface area contributed by atoms with Crippen molar-refractivity contribution in [1.82, 2.24) is 14.9 Å². The summed E-state index contributed by atoms with van der Waals surface area (Å²) in [6, 6.07) is 22.0. The fourth-order valence-electron chi connectivity index (χ4n) is 3.82. The highest BCUT2D eigenvalue weighted by molar-refractivity contribution is 5.94. The van der Waals surface area contributed by atoms with E-state index in [9.17, 15) is 9.90 Å². The van der Waals surface area contributed by atoms with Gasteiger partial charge in [-0.25, -0.2) is 4.98 Å². The van der Waals surface area contributed by atoms with Gasteiger partial charge in [-0.15, -0.1) is 0 Å². The summed E-state index contributed by atoms with van der Waals surface area (Å²) in [5.74, 6) is 0.774. The van der Waals surface area contributed by atoms with Crippen LogP contribution in [0.2, 0.25) is 0 Å². The molecule has 0 spiro atoms. The fraction of sp³-hybridized carbons (Fsp3) is 0.231. The van der Waals surface area contributed by atoms with Crippen molar-refractivity contribution in [2.45, 2.75) is 26.9 Å². The molecule has 5 heteroatoms. The number of para-hydroxylation sites is 1. The summed E-state index contributed by atoms with van der Waals surface area (Å²) in [4.78, 5) is 22.6. The number of fused-ring (bicyclic) bond motifs is 1. The van der Waals surface area contributed by atoms with E-state index in [1.165, 1.54) is 0 Å². The maximum absolute atomic E-state index is 12.7. The minimum Gasteiger partial charge on any atom is -0.392 e. The number of benzene rings is 3. The summed E-state index contributed by atoms with van der Waals surface area (Å²) >= 11 is 0. The van der Waals surface area contributed by atoms with Crippen LogP contribution >= 0.6 is 0 Å². The fourth-order valence-corrected chi connectivity index (χ4v) is 3.82. The van der Waals surface area contributed by atoms with Gasteiger partial charge in [-0.05, 0) is 61.7 Å². The maximum Gasteiger partial charge on any atom is 0.253 e. The smallest absolute Gasteiger partial charge is 0.253 e. The molecule has 0 bridgehead atoms. The van der Waals surface area contributed by atoms with Crippen molar-refractivity contribution in [2.75, 3.05) is 13.1 Å². The van der Waals surface area contributed by atoms with Crippen molar-refractivity contribution < 1.29 is 9.90 Å². The highest BCUT2D eigenvalue weighted by Crippen LogP contribution is 2.27. The molecule has 5 nitrogen and oxygen atoms in total. The predicted molar refractivity (Wildman–Crippen MR) is 125 cm³/mol. The average Bonchev–Trinajstić information content (AvgIpc) is 3.23. The number of nitrogens with zero attached hydrogens (tertiary/aromatic N) is 2. The van der Waals surface area contributed by atoms with E-state index < -0.39 is 6.10 Å². The van der Waals surface area contributed by atoms with Crippen LogP contribution in [0, 0.1) is 6.92 Å². The first kappa shape index (κ1) is 20.8. The molecule has 2 N–H and O–H groups in total. The second-order valence-corrected chi connectivity index (χ2v) is 7.91. The van der Waals surface area contributed by atoms with Crippen molar-refractivity contribution >= 4 is 16.9 Å². The van der Waals surface area contributed by atoms with Crippen molar-refractivity contribution in [3.63, 3.8) is 0 Å². The summed E-state index contributed by atoms with van der Waals surface area (Å²) in [6.45, 7) is 6.56. The number of nitrogens with one attached hydrogen (secondary N) is 1. The Morgan fingerprint density at radius 3 is 2.42 bits per heavy atom. The molecule has 4 rings (SSSR count). The molecule has 0 aliphatic rings. The molecule has 0 saturated heterocycles. The lowest BCUT2D eigenvalue weighted by Gasteiger charge is -2.22. The number of rotatable bonds is 6. The lowest BCUT2D eigenvalue weighted by Crippen LogP contribution is -2.36. The highest BCUT2D eigenvalue weighted by Gasteiger charge is 2.16. The average molecular weight is 414 g/mol. The first-order valence-electron chi connectivity index (χ1n) is 10.6. The van der Waals surface area contributed by atoms with Gasteiger partial charge < -0.3 is 15.0 Å². The first-order chi connectivity index (χ1) is 15.0. The van der Waals surface area contributed by atoms with Gasteiger partial charge in [0.25, 0.3) is 5.91 Å². The lowest BCUT2D eigenvalue weighted by atomic mass is 10.0. The van der Waals surface area contributed by atoms with Gasteiger partial charge in [-0.2, -0.15) is 0 Å².